The van der Waals surface area contributed by atoms with Crippen LogP contribution in [-0.4, -0.2) is 46.8 Å². The molecule has 9 nitrogen and oxygen atoms in total. The fraction of sp³-hybridized carbons (Fsp3) is 0.400. The fourth-order valence-electron chi connectivity index (χ4n) is 5.85. The summed E-state index contributed by atoms with van der Waals surface area (Å²) in [7, 11) is 0. The van der Waals surface area contributed by atoms with E-state index in [4.69, 9.17) is 0 Å². The minimum atomic E-state index is -0.876. The SMILES string of the molecule is CCn1cc(-c2nc(-c3c[nH]c4ncc(F)cc34)nc(NC3C4CCC(CC4)C3C(=O)O)c2F)cn1. The quantitative estimate of drug-likeness (QED) is 0.362. The predicted molar refractivity (Wildman–Crippen MR) is 128 cm³/mol. The number of hydrogen-bond acceptors (Lipinski definition) is 6. The van der Waals surface area contributed by atoms with Gasteiger partial charge in [-0.15, -0.1) is 0 Å². The summed E-state index contributed by atoms with van der Waals surface area (Å²) in [4.78, 5) is 28.2. The van der Waals surface area contributed by atoms with Crippen molar-refractivity contribution in [2.45, 2.75) is 45.2 Å². The van der Waals surface area contributed by atoms with Gasteiger partial charge in [0.05, 0.1) is 18.3 Å². The number of aromatic nitrogens is 6. The van der Waals surface area contributed by atoms with Crippen LogP contribution >= 0.6 is 0 Å². The Morgan fingerprint density at radius 3 is 2.69 bits per heavy atom. The Labute approximate surface area is 205 Å². The zero-order valence-corrected chi connectivity index (χ0v) is 19.6. The number of carboxylic acid groups (broad SMARTS) is 1. The van der Waals surface area contributed by atoms with Crippen LogP contribution in [0.3, 0.4) is 0 Å². The van der Waals surface area contributed by atoms with E-state index in [2.05, 4.69) is 30.4 Å². The third-order valence-corrected chi connectivity index (χ3v) is 7.63. The zero-order chi connectivity index (χ0) is 25.0. The maximum Gasteiger partial charge on any atom is 0.308 e. The molecule has 7 rings (SSSR count). The highest BCUT2D eigenvalue weighted by atomic mass is 19.1. The average Bonchev–Trinajstić information content (AvgIpc) is 3.53. The third-order valence-electron chi connectivity index (χ3n) is 7.63. The van der Waals surface area contributed by atoms with E-state index in [0.29, 0.717) is 28.7 Å². The van der Waals surface area contributed by atoms with Gasteiger partial charge in [-0.1, -0.05) is 0 Å². The van der Waals surface area contributed by atoms with Crippen LogP contribution in [0.1, 0.15) is 32.6 Å². The van der Waals surface area contributed by atoms with E-state index < -0.39 is 29.6 Å². The van der Waals surface area contributed by atoms with Crippen LogP contribution in [0.5, 0.6) is 0 Å². The number of nitrogens with zero attached hydrogens (tertiary/aromatic N) is 5. The van der Waals surface area contributed by atoms with Crippen LogP contribution in [0.4, 0.5) is 14.6 Å². The lowest BCUT2D eigenvalue weighted by molar-refractivity contribution is -0.148. The van der Waals surface area contributed by atoms with Gasteiger partial charge in [0.25, 0.3) is 0 Å². The molecule has 2 bridgehead atoms. The van der Waals surface area contributed by atoms with Crippen molar-refractivity contribution in [3.05, 3.63) is 42.5 Å². The van der Waals surface area contributed by atoms with Crippen molar-refractivity contribution >= 4 is 22.8 Å². The molecule has 4 heterocycles. The first-order valence-corrected chi connectivity index (χ1v) is 12.2. The van der Waals surface area contributed by atoms with Gasteiger partial charge in [-0.2, -0.15) is 5.10 Å². The molecule has 3 saturated carbocycles. The molecule has 0 aromatic carbocycles. The monoisotopic (exact) mass is 493 g/mol. The number of anilines is 1. The molecule has 36 heavy (non-hydrogen) atoms. The molecule has 186 valence electrons. The Morgan fingerprint density at radius 2 is 1.97 bits per heavy atom. The Hall–Kier alpha value is -3.89. The minimum absolute atomic E-state index is 0.0359. The molecule has 3 aliphatic carbocycles. The average molecular weight is 494 g/mol. The molecule has 0 radical (unpaired) electrons. The molecular formula is C25H25F2N7O2. The molecule has 0 saturated heterocycles. The maximum absolute atomic E-state index is 15.9. The number of nitrogens with one attached hydrogen (secondary N) is 2. The number of H-pyrrole nitrogens is 1. The van der Waals surface area contributed by atoms with Gasteiger partial charge in [-0.05, 0) is 50.5 Å². The van der Waals surface area contributed by atoms with E-state index >= 15 is 4.39 Å². The van der Waals surface area contributed by atoms with Gasteiger partial charge in [-0.25, -0.2) is 23.7 Å². The predicted octanol–water partition coefficient (Wildman–Crippen LogP) is 4.48. The summed E-state index contributed by atoms with van der Waals surface area (Å²) in [6.45, 7) is 2.52. The number of aryl methyl sites for hydroxylation is 1. The van der Waals surface area contributed by atoms with E-state index in [1.54, 1.807) is 17.1 Å². The van der Waals surface area contributed by atoms with Gasteiger partial charge in [0.1, 0.15) is 17.2 Å². The normalized spacial score (nSPS) is 23.3. The van der Waals surface area contributed by atoms with Gasteiger partial charge in [0, 0.05) is 41.5 Å². The number of rotatable bonds is 6. The van der Waals surface area contributed by atoms with Crippen LogP contribution in [0, 0.1) is 29.4 Å². The smallest absolute Gasteiger partial charge is 0.308 e. The summed E-state index contributed by atoms with van der Waals surface area (Å²) >= 11 is 0. The molecule has 0 aliphatic heterocycles. The number of carboxylic acids is 1. The molecule has 0 amide bonds. The highest BCUT2D eigenvalue weighted by Gasteiger charge is 2.47. The number of hydrogen-bond donors (Lipinski definition) is 3. The Bertz CT molecular complexity index is 1460. The summed E-state index contributed by atoms with van der Waals surface area (Å²) < 4.78 is 31.6. The molecule has 3 N–H and O–H groups in total. The largest absolute Gasteiger partial charge is 0.481 e. The van der Waals surface area contributed by atoms with Crippen LogP contribution in [0.2, 0.25) is 0 Å². The van der Waals surface area contributed by atoms with Crippen LogP contribution in [-0.2, 0) is 11.3 Å². The molecule has 3 fully saturated rings. The highest BCUT2D eigenvalue weighted by molar-refractivity contribution is 5.92. The van der Waals surface area contributed by atoms with E-state index in [1.165, 1.54) is 12.3 Å². The van der Waals surface area contributed by atoms with E-state index in [1.807, 2.05) is 6.92 Å². The second-order valence-corrected chi connectivity index (χ2v) is 9.60. The van der Waals surface area contributed by atoms with Gasteiger partial charge in [-0.3, -0.25) is 9.48 Å². The molecular weight excluding hydrogens is 468 g/mol. The van der Waals surface area contributed by atoms with Crippen molar-refractivity contribution in [2.24, 2.45) is 17.8 Å². The molecule has 3 aliphatic rings. The summed E-state index contributed by atoms with van der Waals surface area (Å²) in [5.74, 6) is -2.41. The third kappa shape index (κ3) is 3.69. The van der Waals surface area contributed by atoms with Crippen LogP contribution in [0.25, 0.3) is 33.7 Å². The number of pyridine rings is 1. The Balaban J connectivity index is 1.49. The maximum atomic E-state index is 15.9. The van der Waals surface area contributed by atoms with E-state index in [-0.39, 0.29) is 29.2 Å². The van der Waals surface area contributed by atoms with Crippen molar-refractivity contribution in [2.75, 3.05) is 5.32 Å². The summed E-state index contributed by atoms with van der Waals surface area (Å²) in [6, 6.07) is 0.879. The van der Waals surface area contributed by atoms with E-state index in [0.717, 1.165) is 31.9 Å². The zero-order valence-electron chi connectivity index (χ0n) is 19.6. The van der Waals surface area contributed by atoms with Gasteiger partial charge in [0.2, 0.25) is 0 Å². The van der Waals surface area contributed by atoms with E-state index in [9.17, 15) is 14.3 Å². The standard InChI is InChI=1S/C25H25F2N7O2/c1-2-34-11-14(8-30-34)21-19(27)24(31-20-13-5-3-12(4-6-13)18(20)25(35)36)33-23(32-21)17-10-29-22-16(17)7-15(26)9-28-22/h7-13,18,20H,2-6H2,1H3,(H,28,29)(H,35,36)(H,31,32,33). The molecule has 4 aromatic rings. The highest BCUT2D eigenvalue weighted by Crippen LogP contribution is 2.46. The van der Waals surface area contributed by atoms with Crippen molar-refractivity contribution < 1.29 is 18.7 Å². The van der Waals surface area contributed by atoms with Gasteiger partial charge in [0.15, 0.2) is 17.5 Å². The molecule has 4 aromatic heterocycles. The topological polar surface area (TPSA) is 122 Å². The Morgan fingerprint density at radius 1 is 1.19 bits per heavy atom. The minimum Gasteiger partial charge on any atom is -0.481 e. The molecule has 0 spiro atoms. The second-order valence-electron chi connectivity index (χ2n) is 9.60. The first-order chi connectivity index (χ1) is 17.4. The number of halogens is 2. The summed E-state index contributed by atoms with van der Waals surface area (Å²) in [5.41, 5.74) is 1.41. The van der Waals surface area contributed by atoms with Crippen molar-refractivity contribution in [1.29, 1.82) is 0 Å². The number of aliphatic carboxylic acids is 1. The summed E-state index contributed by atoms with van der Waals surface area (Å²) in [6.07, 6.45) is 9.47. The lowest BCUT2D eigenvalue weighted by atomic mass is 9.61. The van der Waals surface area contributed by atoms with Gasteiger partial charge >= 0.3 is 5.97 Å². The lowest BCUT2D eigenvalue weighted by Crippen LogP contribution is -2.51. The molecule has 2 unspecified atom stereocenters. The fourth-order valence-corrected chi connectivity index (χ4v) is 5.85. The van der Waals surface area contributed by atoms with Crippen molar-refractivity contribution in [3.8, 4) is 22.6 Å². The second kappa shape index (κ2) is 8.65. The molecule has 11 heteroatoms. The lowest BCUT2D eigenvalue weighted by Gasteiger charge is -2.47. The van der Waals surface area contributed by atoms with Gasteiger partial charge < -0.3 is 15.4 Å². The first kappa shape index (κ1) is 22.6. The van der Waals surface area contributed by atoms with Crippen molar-refractivity contribution in [3.63, 3.8) is 0 Å². The number of aromatic amines is 1. The number of fused-ring (bicyclic) bond motifs is 4. The number of carbonyl (C=O) groups is 1. The van der Waals surface area contributed by atoms with Crippen LogP contribution < -0.4 is 5.32 Å². The van der Waals surface area contributed by atoms with Crippen LogP contribution in [0.15, 0.2) is 30.9 Å². The molecule has 2 atom stereocenters. The Kier molecular flexibility index (Phi) is 5.42. The summed E-state index contributed by atoms with van der Waals surface area (Å²) in [5, 5.41) is 17.8. The van der Waals surface area contributed by atoms with Crippen molar-refractivity contribution in [1.82, 2.24) is 29.7 Å². The first-order valence-electron chi connectivity index (χ1n) is 12.2.